The van der Waals surface area contributed by atoms with E-state index in [1.807, 2.05) is 41.3 Å². The monoisotopic (exact) mass is 307 g/mol. The summed E-state index contributed by atoms with van der Waals surface area (Å²) in [5, 5.41) is 4.40. The van der Waals surface area contributed by atoms with Crippen LogP contribution in [0.3, 0.4) is 0 Å². The van der Waals surface area contributed by atoms with E-state index in [0.717, 1.165) is 49.3 Å². The van der Waals surface area contributed by atoms with Gasteiger partial charge in [0.1, 0.15) is 5.82 Å². The van der Waals surface area contributed by atoms with E-state index in [1.54, 1.807) is 0 Å². The molecule has 1 saturated heterocycles. The molecule has 0 unspecified atom stereocenters. The number of piperidine rings is 1. The minimum Gasteiger partial charge on any atom is -0.355 e. The van der Waals surface area contributed by atoms with E-state index in [1.165, 1.54) is 5.56 Å². The van der Waals surface area contributed by atoms with Crippen LogP contribution in [-0.4, -0.2) is 32.8 Å². The molecule has 0 bridgehead atoms. The fourth-order valence-electron chi connectivity index (χ4n) is 3.31. The Morgan fingerprint density at radius 1 is 1.09 bits per heavy atom. The number of rotatable bonds is 3. The summed E-state index contributed by atoms with van der Waals surface area (Å²) in [5.41, 5.74) is 3.30. The lowest BCUT2D eigenvalue weighted by Gasteiger charge is -2.32. The second kappa shape index (κ2) is 5.99. The summed E-state index contributed by atoms with van der Waals surface area (Å²) < 4.78 is 2.01. The quantitative estimate of drug-likeness (QED) is 0.745. The van der Waals surface area contributed by atoms with Crippen LogP contribution in [0.25, 0.3) is 11.0 Å². The molecule has 1 fully saturated rings. The Labute approximate surface area is 136 Å². The first-order chi connectivity index (χ1) is 11.3. The molecule has 3 heterocycles. The van der Waals surface area contributed by atoms with E-state index in [9.17, 15) is 0 Å². The molecule has 0 amide bonds. The molecule has 23 heavy (non-hydrogen) atoms. The molecular weight excluding hydrogens is 286 g/mol. The van der Waals surface area contributed by atoms with Crippen LogP contribution in [0.15, 0.2) is 42.9 Å². The maximum absolute atomic E-state index is 4.76. The standard InChI is InChI=1S/C18H21N5/c1-2-23-13-15(11-20-23)14-7-9-22(10-8-14)18-12-19-16-5-3-4-6-17(16)21-18/h3-6,11-14H,2,7-10H2,1H3. The summed E-state index contributed by atoms with van der Waals surface area (Å²) in [6, 6.07) is 8.04. The van der Waals surface area contributed by atoms with Gasteiger partial charge in [-0.3, -0.25) is 9.67 Å². The number of benzene rings is 1. The van der Waals surface area contributed by atoms with Gasteiger partial charge in [-0.05, 0) is 43.4 Å². The first kappa shape index (κ1) is 14.2. The zero-order valence-electron chi connectivity index (χ0n) is 13.4. The van der Waals surface area contributed by atoms with E-state index in [2.05, 4.69) is 28.1 Å². The van der Waals surface area contributed by atoms with Crippen molar-refractivity contribution in [3.8, 4) is 0 Å². The predicted octanol–water partition coefficient (Wildman–Crippen LogP) is 3.23. The van der Waals surface area contributed by atoms with Crippen LogP contribution in [0.5, 0.6) is 0 Å². The largest absolute Gasteiger partial charge is 0.355 e. The van der Waals surface area contributed by atoms with Crippen molar-refractivity contribution in [3.05, 3.63) is 48.4 Å². The van der Waals surface area contributed by atoms with Gasteiger partial charge in [-0.15, -0.1) is 0 Å². The molecule has 5 nitrogen and oxygen atoms in total. The number of aromatic nitrogens is 4. The van der Waals surface area contributed by atoms with Crippen molar-refractivity contribution in [3.63, 3.8) is 0 Å². The summed E-state index contributed by atoms with van der Waals surface area (Å²) in [4.78, 5) is 11.6. The van der Waals surface area contributed by atoms with Gasteiger partial charge in [-0.2, -0.15) is 5.10 Å². The predicted molar refractivity (Wildman–Crippen MR) is 91.6 cm³/mol. The van der Waals surface area contributed by atoms with E-state index < -0.39 is 0 Å². The molecule has 3 aromatic rings. The van der Waals surface area contributed by atoms with Gasteiger partial charge in [0.25, 0.3) is 0 Å². The Morgan fingerprint density at radius 2 is 1.87 bits per heavy atom. The Morgan fingerprint density at radius 3 is 2.61 bits per heavy atom. The molecule has 0 N–H and O–H groups in total. The molecule has 2 aromatic heterocycles. The Hall–Kier alpha value is -2.43. The minimum atomic E-state index is 0.611. The molecule has 1 aliphatic rings. The fraction of sp³-hybridized carbons (Fsp3) is 0.389. The van der Waals surface area contributed by atoms with Crippen LogP contribution in [0.2, 0.25) is 0 Å². The number of para-hydroxylation sites is 2. The van der Waals surface area contributed by atoms with Crippen LogP contribution in [0.4, 0.5) is 5.82 Å². The molecule has 0 radical (unpaired) electrons. The highest BCUT2D eigenvalue weighted by molar-refractivity contribution is 5.75. The van der Waals surface area contributed by atoms with Crippen molar-refractivity contribution in [2.75, 3.05) is 18.0 Å². The average molecular weight is 307 g/mol. The smallest absolute Gasteiger partial charge is 0.147 e. The molecule has 0 atom stereocenters. The normalized spacial score (nSPS) is 16.1. The van der Waals surface area contributed by atoms with Crippen LogP contribution in [0, 0.1) is 0 Å². The van der Waals surface area contributed by atoms with Gasteiger partial charge >= 0.3 is 0 Å². The van der Waals surface area contributed by atoms with Crippen molar-refractivity contribution in [1.29, 1.82) is 0 Å². The number of fused-ring (bicyclic) bond motifs is 1. The van der Waals surface area contributed by atoms with E-state index in [4.69, 9.17) is 4.98 Å². The van der Waals surface area contributed by atoms with Gasteiger partial charge in [0, 0.05) is 25.8 Å². The lowest BCUT2D eigenvalue weighted by molar-refractivity contribution is 0.502. The van der Waals surface area contributed by atoms with Crippen molar-refractivity contribution in [2.24, 2.45) is 0 Å². The molecule has 5 heteroatoms. The Bertz CT molecular complexity index is 802. The van der Waals surface area contributed by atoms with Crippen molar-refractivity contribution in [1.82, 2.24) is 19.7 Å². The number of nitrogens with zero attached hydrogens (tertiary/aromatic N) is 5. The number of aryl methyl sites for hydroxylation is 1. The third-order valence-electron chi connectivity index (χ3n) is 4.70. The second-order valence-electron chi connectivity index (χ2n) is 6.11. The van der Waals surface area contributed by atoms with Crippen molar-refractivity contribution < 1.29 is 0 Å². The maximum atomic E-state index is 4.76. The van der Waals surface area contributed by atoms with Crippen molar-refractivity contribution >= 4 is 16.9 Å². The first-order valence-corrected chi connectivity index (χ1v) is 8.32. The summed E-state index contributed by atoms with van der Waals surface area (Å²) in [5.74, 6) is 1.60. The SMILES string of the molecule is CCn1cc(C2CCN(c3cnc4ccccc4n3)CC2)cn1. The van der Waals surface area contributed by atoms with E-state index in [-0.39, 0.29) is 0 Å². The zero-order valence-corrected chi connectivity index (χ0v) is 13.4. The van der Waals surface area contributed by atoms with Gasteiger partial charge in [0.2, 0.25) is 0 Å². The molecule has 0 aliphatic carbocycles. The number of anilines is 1. The van der Waals surface area contributed by atoms with Gasteiger partial charge < -0.3 is 4.90 Å². The molecular formula is C18H21N5. The van der Waals surface area contributed by atoms with Crippen LogP contribution in [0.1, 0.15) is 31.2 Å². The second-order valence-corrected chi connectivity index (χ2v) is 6.11. The highest BCUT2D eigenvalue weighted by Crippen LogP contribution is 2.29. The fourth-order valence-corrected chi connectivity index (χ4v) is 3.31. The molecule has 1 aliphatic heterocycles. The molecule has 0 saturated carbocycles. The summed E-state index contributed by atoms with van der Waals surface area (Å²) >= 11 is 0. The molecule has 0 spiro atoms. The average Bonchev–Trinajstić information content (AvgIpc) is 3.11. The van der Waals surface area contributed by atoms with Crippen LogP contribution < -0.4 is 4.90 Å². The topological polar surface area (TPSA) is 46.8 Å². The highest BCUT2D eigenvalue weighted by atomic mass is 15.3. The van der Waals surface area contributed by atoms with Crippen LogP contribution >= 0.6 is 0 Å². The maximum Gasteiger partial charge on any atom is 0.147 e. The third kappa shape index (κ3) is 2.79. The van der Waals surface area contributed by atoms with Crippen LogP contribution in [-0.2, 0) is 6.54 Å². The molecule has 1 aromatic carbocycles. The lowest BCUT2D eigenvalue weighted by Crippen LogP contribution is -2.33. The highest BCUT2D eigenvalue weighted by Gasteiger charge is 2.22. The van der Waals surface area contributed by atoms with Gasteiger partial charge in [0.05, 0.1) is 23.4 Å². The lowest BCUT2D eigenvalue weighted by atomic mass is 9.91. The van der Waals surface area contributed by atoms with E-state index >= 15 is 0 Å². The molecule has 4 rings (SSSR count). The number of hydrogen-bond acceptors (Lipinski definition) is 4. The zero-order chi connectivity index (χ0) is 15.6. The Kier molecular flexibility index (Phi) is 3.69. The van der Waals surface area contributed by atoms with Gasteiger partial charge in [-0.25, -0.2) is 4.98 Å². The van der Waals surface area contributed by atoms with Gasteiger partial charge in [-0.1, -0.05) is 12.1 Å². The number of hydrogen-bond donors (Lipinski definition) is 0. The Balaban J connectivity index is 1.47. The summed E-state index contributed by atoms with van der Waals surface area (Å²) in [7, 11) is 0. The summed E-state index contributed by atoms with van der Waals surface area (Å²) in [6.07, 6.45) is 8.40. The third-order valence-corrected chi connectivity index (χ3v) is 4.70. The van der Waals surface area contributed by atoms with Gasteiger partial charge in [0.15, 0.2) is 0 Å². The summed E-state index contributed by atoms with van der Waals surface area (Å²) in [6.45, 7) is 5.10. The molecule has 118 valence electrons. The van der Waals surface area contributed by atoms with E-state index in [0.29, 0.717) is 5.92 Å². The minimum absolute atomic E-state index is 0.611. The first-order valence-electron chi connectivity index (χ1n) is 8.32. The van der Waals surface area contributed by atoms with Crippen molar-refractivity contribution in [2.45, 2.75) is 32.2 Å².